The third-order valence-corrected chi connectivity index (χ3v) is 5.94. The highest BCUT2D eigenvalue weighted by Gasteiger charge is 2.14. The molecular weight excluding hydrogens is 372 g/mol. The van der Waals surface area contributed by atoms with Crippen molar-refractivity contribution < 1.29 is 8.42 Å². The van der Waals surface area contributed by atoms with Crippen molar-refractivity contribution >= 4 is 21.5 Å². The molecule has 4 rings (SSSR count). The van der Waals surface area contributed by atoms with Gasteiger partial charge in [-0.1, -0.05) is 31.2 Å². The van der Waals surface area contributed by atoms with Crippen molar-refractivity contribution in [2.45, 2.75) is 25.2 Å². The summed E-state index contributed by atoms with van der Waals surface area (Å²) in [5.41, 5.74) is 4.17. The van der Waals surface area contributed by atoms with E-state index < -0.39 is 10.0 Å². The number of sulfonamides is 1. The molecule has 0 aliphatic carbocycles. The first-order chi connectivity index (χ1) is 13.4. The van der Waals surface area contributed by atoms with Crippen molar-refractivity contribution in [2.75, 3.05) is 4.72 Å². The highest BCUT2D eigenvalue weighted by molar-refractivity contribution is 7.92. The molecule has 4 aromatic rings. The monoisotopic (exact) mass is 392 g/mol. The molecule has 6 nitrogen and oxygen atoms in total. The van der Waals surface area contributed by atoms with Crippen molar-refractivity contribution in [3.05, 3.63) is 78.2 Å². The highest BCUT2D eigenvalue weighted by atomic mass is 32.2. The minimum Gasteiger partial charge on any atom is -0.291 e. The maximum Gasteiger partial charge on any atom is 0.261 e. The van der Waals surface area contributed by atoms with E-state index in [0.29, 0.717) is 11.5 Å². The number of anilines is 1. The first-order valence-corrected chi connectivity index (χ1v) is 10.5. The van der Waals surface area contributed by atoms with Crippen LogP contribution in [0.3, 0.4) is 0 Å². The van der Waals surface area contributed by atoms with Crippen LogP contribution < -0.4 is 4.72 Å². The van der Waals surface area contributed by atoms with Gasteiger partial charge in [-0.3, -0.25) is 9.12 Å². The van der Waals surface area contributed by atoms with Crippen LogP contribution in [0.4, 0.5) is 5.69 Å². The van der Waals surface area contributed by atoms with Crippen LogP contribution in [0, 0.1) is 6.92 Å². The van der Waals surface area contributed by atoms with Crippen molar-refractivity contribution in [2.24, 2.45) is 0 Å². The van der Waals surface area contributed by atoms with Crippen LogP contribution in [-0.4, -0.2) is 22.8 Å². The summed E-state index contributed by atoms with van der Waals surface area (Å²) in [7, 11) is -3.62. The van der Waals surface area contributed by atoms with Gasteiger partial charge in [0.05, 0.1) is 10.6 Å². The van der Waals surface area contributed by atoms with E-state index in [4.69, 9.17) is 0 Å². The van der Waals surface area contributed by atoms with Gasteiger partial charge in [-0.05, 0) is 49.2 Å². The number of aryl methyl sites for hydroxylation is 2. The van der Waals surface area contributed by atoms with Crippen LogP contribution in [0.5, 0.6) is 0 Å². The van der Waals surface area contributed by atoms with Crippen LogP contribution in [0.25, 0.3) is 17.0 Å². The smallest absolute Gasteiger partial charge is 0.261 e. The fraction of sp³-hybridized carbons (Fsp3) is 0.143. The second kappa shape index (κ2) is 7.09. The van der Waals surface area contributed by atoms with E-state index >= 15 is 0 Å². The van der Waals surface area contributed by atoms with Crippen molar-refractivity contribution in [3.8, 4) is 11.3 Å². The number of nitrogens with zero attached hydrogens (tertiary/aromatic N) is 3. The van der Waals surface area contributed by atoms with Gasteiger partial charge in [0, 0.05) is 29.3 Å². The van der Waals surface area contributed by atoms with Gasteiger partial charge in [-0.2, -0.15) is 0 Å². The Balaban J connectivity index is 1.56. The van der Waals surface area contributed by atoms with Crippen molar-refractivity contribution in [1.82, 2.24) is 14.4 Å². The molecule has 0 radical (unpaired) electrons. The zero-order valence-electron chi connectivity index (χ0n) is 15.6. The molecule has 142 valence electrons. The van der Waals surface area contributed by atoms with Crippen LogP contribution >= 0.6 is 0 Å². The molecule has 0 fully saturated rings. The van der Waals surface area contributed by atoms with Crippen LogP contribution in [0.15, 0.2) is 71.9 Å². The minimum absolute atomic E-state index is 0.246. The van der Waals surface area contributed by atoms with Gasteiger partial charge in [0.25, 0.3) is 10.0 Å². The van der Waals surface area contributed by atoms with Crippen LogP contribution in [-0.2, 0) is 16.4 Å². The largest absolute Gasteiger partial charge is 0.291 e. The quantitative estimate of drug-likeness (QED) is 0.555. The summed E-state index contributed by atoms with van der Waals surface area (Å²) in [5, 5.41) is 0. The molecule has 0 spiro atoms. The Morgan fingerprint density at radius 3 is 2.36 bits per heavy atom. The van der Waals surface area contributed by atoms with Gasteiger partial charge in [0.2, 0.25) is 5.78 Å². The topological polar surface area (TPSA) is 76.4 Å². The minimum atomic E-state index is -3.62. The molecule has 2 aromatic carbocycles. The standard InChI is InChI=1S/C21H20N4O2S/c1-3-16-4-10-19(11-5-16)28(26,27)24-18-8-6-17(7-9-18)20-14-25-13-12-15(2)22-21(25)23-20/h4-14,24H,3H2,1-2H3. The molecule has 28 heavy (non-hydrogen) atoms. The van der Waals surface area contributed by atoms with E-state index in [2.05, 4.69) is 14.7 Å². The van der Waals surface area contributed by atoms with Crippen LogP contribution in [0.1, 0.15) is 18.2 Å². The molecule has 0 saturated carbocycles. The number of imidazole rings is 1. The third kappa shape index (κ3) is 3.61. The lowest BCUT2D eigenvalue weighted by atomic mass is 10.1. The van der Waals surface area contributed by atoms with E-state index in [1.54, 1.807) is 24.3 Å². The molecule has 7 heteroatoms. The molecular formula is C21H20N4O2S. The lowest BCUT2D eigenvalue weighted by molar-refractivity contribution is 0.601. The number of nitrogens with one attached hydrogen (secondary N) is 1. The lowest BCUT2D eigenvalue weighted by Crippen LogP contribution is -2.12. The van der Waals surface area contributed by atoms with E-state index in [1.165, 1.54) is 0 Å². The fourth-order valence-electron chi connectivity index (χ4n) is 2.93. The summed E-state index contributed by atoms with van der Waals surface area (Å²) >= 11 is 0. The zero-order valence-corrected chi connectivity index (χ0v) is 16.4. The van der Waals surface area contributed by atoms with E-state index in [1.807, 2.05) is 61.0 Å². The van der Waals surface area contributed by atoms with E-state index in [0.717, 1.165) is 28.9 Å². The van der Waals surface area contributed by atoms with Crippen molar-refractivity contribution in [3.63, 3.8) is 0 Å². The second-order valence-corrected chi connectivity index (χ2v) is 8.27. The Morgan fingerprint density at radius 2 is 1.68 bits per heavy atom. The molecule has 1 N–H and O–H groups in total. The molecule has 0 aliphatic rings. The molecule has 0 atom stereocenters. The summed E-state index contributed by atoms with van der Waals surface area (Å²) in [6.45, 7) is 3.95. The number of benzene rings is 2. The number of rotatable bonds is 5. The maximum atomic E-state index is 12.6. The molecule has 0 bridgehead atoms. The van der Waals surface area contributed by atoms with Gasteiger partial charge in [0.15, 0.2) is 0 Å². The van der Waals surface area contributed by atoms with Crippen LogP contribution in [0.2, 0.25) is 0 Å². The Morgan fingerprint density at radius 1 is 0.964 bits per heavy atom. The Bertz CT molecular complexity index is 1230. The number of fused-ring (bicyclic) bond motifs is 1. The average molecular weight is 392 g/mol. The molecule has 2 aromatic heterocycles. The van der Waals surface area contributed by atoms with Crippen molar-refractivity contribution in [1.29, 1.82) is 0 Å². The average Bonchev–Trinajstić information content (AvgIpc) is 3.11. The summed E-state index contributed by atoms with van der Waals surface area (Å²) in [5.74, 6) is 0.635. The second-order valence-electron chi connectivity index (χ2n) is 6.58. The summed E-state index contributed by atoms with van der Waals surface area (Å²) in [6, 6.07) is 16.0. The Kier molecular flexibility index (Phi) is 4.60. The molecule has 0 saturated heterocycles. The van der Waals surface area contributed by atoms with Gasteiger partial charge in [-0.15, -0.1) is 0 Å². The normalized spacial score (nSPS) is 11.6. The van der Waals surface area contributed by atoms with Gasteiger partial charge >= 0.3 is 0 Å². The van der Waals surface area contributed by atoms with Gasteiger partial charge in [-0.25, -0.2) is 18.4 Å². The SMILES string of the molecule is CCc1ccc(S(=O)(=O)Nc2ccc(-c3cn4ccc(C)nc4n3)cc2)cc1. The van der Waals surface area contributed by atoms with E-state index in [-0.39, 0.29) is 4.90 Å². The first kappa shape index (κ1) is 18.2. The summed E-state index contributed by atoms with van der Waals surface area (Å²) < 4.78 is 29.6. The zero-order chi connectivity index (χ0) is 19.7. The predicted molar refractivity (Wildman–Crippen MR) is 110 cm³/mol. The third-order valence-electron chi connectivity index (χ3n) is 4.54. The maximum absolute atomic E-state index is 12.6. The molecule has 0 unspecified atom stereocenters. The molecule has 0 amide bonds. The first-order valence-electron chi connectivity index (χ1n) is 8.99. The lowest BCUT2D eigenvalue weighted by Gasteiger charge is -2.09. The Labute approximate surface area is 164 Å². The van der Waals surface area contributed by atoms with Gasteiger partial charge in [0.1, 0.15) is 0 Å². The van der Waals surface area contributed by atoms with Gasteiger partial charge < -0.3 is 0 Å². The summed E-state index contributed by atoms with van der Waals surface area (Å²) in [6.07, 6.45) is 4.68. The Hall–Kier alpha value is -3.19. The number of hydrogen-bond acceptors (Lipinski definition) is 4. The fourth-order valence-corrected chi connectivity index (χ4v) is 3.98. The number of hydrogen-bond donors (Lipinski definition) is 1. The highest BCUT2D eigenvalue weighted by Crippen LogP contribution is 2.23. The molecule has 2 heterocycles. The molecule has 0 aliphatic heterocycles. The van der Waals surface area contributed by atoms with E-state index in [9.17, 15) is 8.42 Å². The number of aromatic nitrogens is 3. The summed E-state index contributed by atoms with van der Waals surface area (Å²) in [4.78, 5) is 9.16. The predicted octanol–water partition coefficient (Wildman–Crippen LogP) is 4.07.